The van der Waals surface area contributed by atoms with E-state index in [0.717, 1.165) is 12.2 Å². The molecule has 7 heteroatoms. The largest absolute Gasteiger partial charge is 0.366 e. The predicted molar refractivity (Wildman–Crippen MR) is 82.3 cm³/mol. The second kappa shape index (κ2) is 6.51. The van der Waals surface area contributed by atoms with E-state index in [1.165, 1.54) is 18.5 Å². The topological polar surface area (TPSA) is 81.0 Å². The third-order valence-corrected chi connectivity index (χ3v) is 3.77. The molecule has 1 atom stereocenters. The Hall–Kier alpha value is -1.89. The van der Waals surface area contributed by atoms with E-state index in [4.69, 9.17) is 0 Å². The Bertz CT molecular complexity index is 620. The van der Waals surface area contributed by atoms with Crippen molar-refractivity contribution in [2.24, 2.45) is 0 Å². The molecule has 20 heavy (non-hydrogen) atoms. The first kappa shape index (κ1) is 14.5. The van der Waals surface area contributed by atoms with Crippen LogP contribution in [0, 0.1) is 10.1 Å². The first-order valence-corrected chi connectivity index (χ1v) is 7.69. The molecule has 2 aromatic rings. The molecule has 1 aromatic heterocycles. The van der Waals surface area contributed by atoms with Crippen molar-refractivity contribution in [2.75, 3.05) is 17.3 Å². The van der Waals surface area contributed by atoms with Gasteiger partial charge in [0.2, 0.25) is 0 Å². The third-order valence-electron chi connectivity index (χ3n) is 3.03. The van der Waals surface area contributed by atoms with Crippen LogP contribution in [-0.2, 0) is 0 Å². The fraction of sp³-hybridized carbons (Fsp3) is 0.385. The maximum absolute atomic E-state index is 10.9. The number of thioether (sulfide) groups is 1. The average Bonchev–Trinajstić information content (AvgIpc) is 2.46. The lowest BCUT2D eigenvalue weighted by atomic mass is 10.2. The Labute approximate surface area is 121 Å². The summed E-state index contributed by atoms with van der Waals surface area (Å²) in [5.74, 6) is 1.61. The van der Waals surface area contributed by atoms with Gasteiger partial charge in [0.15, 0.2) is 0 Å². The van der Waals surface area contributed by atoms with Crippen LogP contribution in [0.3, 0.4) is 0 Å². The Morgan fingerprint density at radius 1 is 1.45 bits per heavy atom. The van der Waals surface area contributed by atoms with E-state index in [9.17, 15) is 10.1 Å². The fourth-order valence-corrected chi connectivity index (χ4v) is 2.65. The zero-order valence-electron chi connectivity index (χ0n) is 11.4. The van der Waals surface area contributed by atoms with Crippen molar-refractivity contribution in [3.05, 3.63) is 34.6 Å². The first-order chi connectivity index (χ1) is 9.65. The van der Waals surface area contributed by atoms with Crippen LogP contribution >= 0.6 is 11.8 Å². The summed E-state index contributed by atoms with van der Waals surface area (Å²) in [5, 5.41) is 14.9. The molecule has 0 radical (unpaired) electrons. The van der Waals surface area contributed by atoms with Gasteiger partial charge in [0.05, 0.1) is 10.4 Å². The van der Waals surface area contributed by atoms with E-state index in [-0.39, 0.29) is 11.7 Å². The normalized spacial score (nSPS) is 12.3. The van der Waals surface area contributed by atoms with Gasteiger partial charge in [-0.1, -0.05) is 6.92 Å². The number of nitrogens with one attached hydrogen (secondary N) is 1. The maximum Gasteiger partial charge on any atom is 0.270 e. The summed E-state index contributed by atoms with van der Waals surface area (Å²) in [6.45, 7) is 2.10. The van der Waals surface area contributed by atoms with E-state index >= 15 is 0 Å². The number of nitrogens with zero attached hydrogens (tertiary/aromatic N) is 3. The molecule has 1 N–H and O–H groups in total. The summed E-state index contributed by atoms with van der Waals surface area (Å²) in [5.41, 5.74) is 0.750. The van der Waals surface area contributed by atoms with Crippen molar-refractivity contribution < 1.29 is 4.92 Å². The van der Waals surface area contributed by atoms with Gasteiger partial charge in [0.25, 0.3) is 5.69 Å². The molecule has 0 aliphatic carbocycles. The SMILES string of the molecule is CCC(CSC)Nc1ncnc2ccc([N+](=O)[O-])cc12. The molecule has 106 valence electrons. The highest BCUT2D eigenvalue weighted by molar-refractivity contribution is 7.98. The number of hydrogen-bond donors (Lipinski definition) is 1. The smallest absolute Gasteiger partial charge is 0.270 e. The van der Waals surface area contributed by atoms with Gasteiger partial charge in [-0.3, -0.25) is 10.1 Å². The molecular weight excluding hydrogens is 276 g/mol. The number of hydrogen-bond acceptors (Lipinski definition) is 6. The predicted octanol–water partition coefficient (Wildman–Crippen LogP) is 3.09. The van der Waals surface area contributed by atoms with Crippen LogP contribution in [0.4, 0.5) is 11.5 Å². The fourth-order valence-electron chi connectivity index (χ4n) is 1.93. The van der Waals surface area contributed by atoms with Crippen LogP contribution in [0.15, 0.2) is 24.5 Å². The molecule has 0 saturated heterocycles. The van der Waals surface area contributed by atoms with E-state index in [1.54, 1.807) is 17.8 Å². The number of nitro benzene ring substituents is 1. The van der Waals surface area contributed by atoms with Gasteiger partial charge in [-0.15, -0.1) is 0 Å². The van der Waals surface area contributed by atoms with E-state index in [0.29, 0.717) is 16.7 Å². The Morgan fingerprint density at radius 2 is 2.25 bits per heavy atom. The standard InChI is InChI=1S/C13H16N4O2S/c1-3-9(7-20-2)16-13-11-6-10(17(18)19)4-5-12(11)14-8-15-13/h4-6,8-9H,3,7H2,1-2H3,(H,14,15,16). The van der Waals surface area contributed by atoms with Crippen LogP contribution in [0.5, 0.6) is 0 Å². The minimum atomic E-state index is -0.407. The molecule has 0 fully saturated rings. The molecule has 1 heterocycles. The van der Waals surface area contributed by atoms with Gasteiger partial charge in [-0.25, -0.2) is 9.97 Å². The summed E-state index contributed by atoms with van der Waals surface area (Å²) in [7, 11) is 0. The molecule has 6 nitrogen and oxygen atoms in total. The van der Waals surface area contributed by atoms with Crippen molar-refractivity contribution in [1.29, 1.82) is 0 Å². The molecule has 1 unspecified atom stereocenters. The molecule has 0 spiro atoms. The van der Waals surface area contributed by atoms with Gasteiger partial charge in [-0.05, 0) is 18.7 Å². The number of benzene rings is 1. The molecular formula is C13H16N4O2S. The number of fused-ring (bicyclic) bond motifs is 1. The molecule has 0 aliphatic rings. The van der Waals surface area contributed by atoms with Crippen LogP contribution < -0.4 is 5.32 Å². The number of rotatable bonds is 6. The van der Waals surface area contributed by atoms with Crippen LogP contribution in [0.1, 0.15) is 13.3 Å². The van der Waals surface area contributed by atoms with Gasteiger partial charge in [0, 0.05) is 29.3 Å². The van der Waals surface area contributed by atoms with Gasteiger partial charge >= 0.3 is 0 Å². The van der Waals surface area contributed by atoms with Gasteiger partial charge in [0.1, 0.15) is 12.1 Å². The van der Waals surface area contributed by atoms with Gasteiger partial charge in [-0.2, -0.15) is 11.8 Å². The van der Waals surface area contributed by atoms with E-state index in [1.807, 2.05) is 6.26 Å². The summed E-state index contributed by atoms with van der Waals surface area (Å²) in [4.78, 5) is 18.8. The minimum Gasteiger partial charge on any atom is -0.366 e. The van der Waals surface area contributed by atoms with Crippen molar-refractivity contribution in [3.8, 4) is 0 Å². The highest BCUT2D eigenvalue weighted by atomic mass is 32.2. The summed E-state index contributed by atoms with van der Waals surface area (Å²) >= 11 is 1.75. The molecule has 0 bridgehead atoms. The van der Waals surface area contributed by atoms with Gasteiger partial charge < -0.3 is 5.32 Å². The number of nitro groups is 1. The monoisotopic (exact) mass is 292 g/mol. The highest BCUT2D eigenvalue weighted by Gasteiger charge is 2.13. The van der Waals surface area contributed by atoms with E-state index in [2.05, 4.69) is 22.2 Å². The van der Waals surface area contributed by atoms with Crippen molar-refractivity contribution in [3.63, 3.8) is 0 Å². The summed E-state index contributed by atoms with van der Waals surface area (Å²) in [6, 6.07) is 4.90. The van der Waals surface area contributed by atoms with E-state index < -0.39 is 4.92 Å². The molecule has 0 saturated carbocycles. The summed E-state index contributed by atoms with van der Waals surface area (Å²) < 4.78 is 0. The quantitative estimate of drug-likeness (QED) is 0.651. The second-order valence-corrected chi connectivity index (χ2v) is 5.30. The summed E-state index contributed by atoms with van der Waals surface area (Å²) in [6.07, 6.45) is 4.48. The van der Waals surface area contributed by atoms with Crippen molar-refractivity contribution in [2.45, 2.75) is 19.4 Å². The lowest BCUT2D eigenvalue weighted by molar-refractivity contribution is -0.384. The maximum atomic E-state index is 10.9. The zero-order chi connectivity index (χ0) is 14.5. The molecule has 1 aromatic carbocycles. The van der Waals surface area contributed by atoms with Crippen LogP contribution in [-0.4, -0.2) is 32.9 Å². The molecule has 0 amide bonds. The van der Waals surface area contributed by atoms with Crippen molar-refractivity contribution >= 4 is 34.2 Å². The first-order valence-electron chi connectivity index (χ1n) is 6.30. The lowest BCUT2D eigenvalue weighted by Gasteiger charge is -2.17. The van der Waals surface area contributed by atoms with Crippen LogP contribution in [0.25, 0.3) is 10.9 Å². The number of non-ortho nitro benzene ring substituents is 1. The van der Waals surface area contributed by atoms with Crippen LogP contribution in [0.2, 0.25) is 0 Å². The Balaban J connectivity index is 2.41. The highest BCUT2D eigenvalue weighted by Crippen LogP contribution is 2.25. The Kier molecular flexibility index (Phi) is 4.73. The minimum absolute atomic E-state index is 0.0493. The zero-order valence-corrected chi connectivity index (χ0v) is 12.2. The third kappa shape index (κ3) is 3.16. The number of anilines is 1. The average molecular weight is 292 g/mol. The molecule has 2 rings (SSSR count). The van der Waals surface area contributed by atoms with Crippen molar-refractivity contribution in [1.82, 2.24) is 9.97 Å². The lowest BCUT2D eigenvalue weighted by Crippen LogP contribution is -2.22. The Morgan fingerprint density at radius 3 is 2.90 bits per heavy atom. The second-order valence-electron chi connectivity index (χ2n) is 4.39. The number of aromatic nitrogens is 2. The molecule has 0 aliphatic heterocycles.